The number of nitrogens with zero attached hydrogens (tertiary/aromatic N) is 1. The summed E-state index contributed by atoms with van der Waals surface area (Å²) >= 11 is 0. The number of imide groups is 1. The number of carbonyl (C=O) groups is 2. The van der Waals surface area contributed by atoms with Gasteiger partial charge in [0.1, 0.15) is 0 Å². The van der Waals surface area contributed by atoms with Gasteiger partial charge in [-0.2, -0.15) is 0 Å². The molecule has 0 aromatic heterocycles. The Morgan fingerprint density at radius 1 is 0.880 bits per heavy atom. The molecule has 4 bridgehead atoms. The predicted molar refractivity (Wildman–Crippen MR) is 89.6 cm³/mol. The molecular formula is C20H23NO4. The molecule has 4 fully saturated rings. The van der Waals surface area contributed by atoms with Crippen LogP contribution >= 0.6 is 0 Å². The van der Waals surface area contributed by atoms with Crippen molar-refractivity contribution in [1.29, 1.82) is 0 Å². The number of fused-ring (bicyclic) bond motifs is 1. The van der Waals surface area contributed by atoms with Crippen molar-refractivity contribution in [2.24, 2.45) is 23.2 Å². The summed E-state index contributed by atoms with van der Waals surface area (Å²) in [7, 11) is 0. The van der Waals surface area contributed by atoms with E-state index in [9.17, 15) is 19.8 Å². The molecule has 1 aromatic carbocycles. The van der Waals surface area contributed by atoms with Crippen molar-refractivity contribution < 1.29 is 19.8 Å². The summed E-state index contributed by atoms with van der Waals surface area (Å²) in [5, 5.41) is 20.5. The van der Waals surface area contributed by atoms with Crippen LogP contribution in [0.3, 0.4) is 0 Å². The average Bonchev–Trinajstić information content (AvgIpc) is 2.79. The lowest BCUT2D eigenvalue weighted by atomic mass is 9.47. The molecule has 4 saturated carbocycles. The lowest BCUT2D eigenvalue weighted by Gasteiger charge is -2.60. The third kappa shape index (κ3) is 2.09. The zero-order valence-electron chi connectivity index (χ0n) is 14.1. The molecule has 1 unspecified atom stereocenters. The van der Waals surface area contributed by atoms with Gasteiger partial charge in [-0.05, 0) is 73.8 Å². The van der Waals surface area contributed by atoms with Crippen molar-refractivity contribution in [1.82, 2.24) is 4.90 Å². The van der Waals surface area contributed by atoms with Crippen LogP contribution in [-0.4, -0.2) is 39.3 Å². The Labute approximate surface area is 146 Å². The van der Waals surface area contributed by atoms with Crippen LogP contribution in [0.15, 0.2) is 24.3 Å². The van der Waals surface area contributed by atoms with Gasteiger partial charge in [0.2, 0.25) is 0 Å². The molecule has 0 saturated heterocycles. The molecular weight excluding hydrogens is 318 g/mol. The number of benzene rings is 1. The standard InChI is InChI=1S/C20H23NO4/c22-17-14-3-1-2-4-15(14)18(23)21(17)16(19(24)25)20-8-11-5-12(9-20)7-13(6-11)10-20/h1-4,11-13,16,19,24-25H,5-10H2. The van der Waals surface area contributed by atoms with E-state index >= 15 is 0 Å². The molecule has 4 aliphatic carbocycles. The highest BCUT2D eigenvalue weighted by atomic mass is 16.5. The first-order chi connectivity index (χ1) is 12.0. The van der Waals surface area contributed by atoms with Crippen LogP contribution in [0.4, 0.5) is 0 Å². The lowest BCUT2D eigenvalue weighted by molar-refractivity contribution is -0.170. The van der Waals surface area contributed by atoms with Gasteiger partial charge in [-0.3, -0.25) is 14.5 Å². The molecule has 25 heavy (non-hydrogen) atoms. The summed E-state index contributed by atoms with van der Waals surface area (Å²) in [5.74, 6) is 1.04. The molecule has 5 nitrogen and oxygen atoms in total. The third-order valence-electron chi connectivity index (χ3n) is 7.10. The van der Waals surface area contributed by atoms with Crippen LogP contribution in [0.5, 0.6) is 0 Å². The van der Waals surface area contributed by atoms with Crippen LogP contribution in [-0.2, 0) is 0 Å². The molecule has 5 heteroatoms. The molecule has 132 valence electrons. The van der Waals surface area contributed by atoms with Crippen LogP contribution in [0.25, 0.3) is 0 Å². The van der Waals surface area contributed by atoms with Gasteiger partial charge in [0.15, 0.2) is 6.29 Å². The highest BCUT2D eigenvalue weighted by Gasteiger charge is 2.59. The number of hydrogen-bond donors (Lipinski definition) is 2. The summed E-state index contributed by atoms with van der Waals surface area (Å²) in [5.41, 5.74) is 0.418. The zero-order chi connectivity index (χ0) is 17.3. The second-order valence-corrected chi connectivity index (χ2v) is 8.66. The maximum Gasteiger partial charge on any atom is 0.262 e. The van der Waals surface area contributed by atoms with Gasteiger partial charge < -0.3 is 10.2 Å². The van der Waals surface area contributed by atoms with Gasteiger partial charge in [0.05, 0.1) is 17.2 Å². The topological polar surface area (TPSA) is 77.8 Å². The molecule has 1 aliphatic heterocycles. The number of hydrogen-bond acceptors (Lipinski definition) is 4. The monoisotopic (exact) mass is 341 g/mol. The Morgan fingerprint density at radius 2 is 1.32 bits per heavy atom. The van der Waals surface area contributed by atoms with Crippen LogP contribution in [0.1, 0.15) is 59.2 Å². The lowest BCUT2D eigenvalue weighted by Crippen LogP contribution is -2.62. The first-order valence-corrected chi connectivity index (χ1v) is 9.31. The molecule has 1 aromatic rings. The number of amides is 2. The number of aliphatic hydroxyl groups is 2. The summed E-state index contributed by atoms with van der Waals surface area (Å²) in [6.07, 6.45) is 4.65. The minimum Gasteiger partial charge on any atom is -0.366 e. The number of carbonyl (C=O) groups excluding carboxylic acids is 2. The minimum atomic E-state index is -1.70. The second-order valence-electron chi connectivity index (χ2n) is 8.66. The van der Waals surface area contributed by atoms with E-state index in [4.69, 9.17) is 0 Å². The first kappa shape index (κ1) is 15.5. The normalized spacial score (nSPS) is 37.1. The van der Waals surface area contributed by atoms with Gasteiger partial charge in [-0.25, -0.2) is 0 Å². The summed E-state index contributed by atoms with van der Waals surface area (Å²) in [6, 6.07) is 5.94. The minimum absolute atomic E-state index is 0.337. The van der Waals surface area contributed by atoms with E-state index in [1.54, 1.807) is 24.3 Å². The first-order valence-electron chi connectivity index (χ1n) is 9.31. The van der Waals surface area contributed by atoms with E-state index in [0.29, 0.717) is 28.9 Å². The molecule has 5 aliphatic rings. The number of aliphatic hydroxyl groups excluding tert-OH is 1. The summed E-state index contributed by atoms with van der Waals surface area (Å²) in [6.45, 7) is 0. The van der Waals surface area contributed by atoms with Crippen molar-refractivity contribution in [2.45, 2.75) is 50.9 Å². The SMILES string of the molecule is O=C1c2ccccc2C(=O)N1C(C(O)O)C12CC3CC(CC(C3)C1)C2. The molecule has 6 rings (SSSR count). The Kier molecular flexibility index (Phi) is 3.20. The van der Waals surface area contributed by atoms with Gasteiger partial charge in [0, 0.05) is 0 Å². The summed E-state index contributed by atoms with van der Waals surface area (Å²) in [4.78, 5) is 27.0. The Hall–Kier alpha value is -1.72. The van der Waals surface area contributed by atoms with Gasteiger partial charge in [-0.15, -0.1) is 0 Å². The van der Waals surface area contributed by atoms with Gasteiger partial charge in [0.25, 0.3) is 11.8 Å². The van der Waals surface area contributed by atoms with E-state index in [1.165, 1.54) is 24.2 Å². The van der Waals surface area contributed by atoms with E-state index in [0.717, 1.165) is 19.3 Å². The van der Waals surface area contributed by atoms with Gasteiger partial charge in [-0.1, -0.05) is 12.1 Å². The highest BCUT2D eigenvalue weighted by Crippen LogP contribution is 2.62. The van der Waals surface area contributed by atoms with Crippen molar-refractivity contribution >= 4 is 11.8 Å². The maximum absolute atomic E-state index is 12.9. The number of rotatable bonds is 3. The Bertz CT molecular complexity index is 686. The summed E-state index contributed by atoms with van der Waals surface area (Å²) < 4.78 is 0. The fraction of sp³-hybridized carbons (Fsp3) is 0.600. The Balaban J connectivity index is 1.57. The van der Waals surface area contributed by atoms with Crippen molar-refractivity contribution in [2.75, 3.05) is 0 Å². The van der Waals surface area contributed by atoms with Crippen molar-refractivity contribution in [3.8, 4) is 0 Å². The van der Waals surface area contributed by atoms with E-state index in [2.05, 4.69) is 0 Å². The molecule has 2 N–H and O–H groups in total. The smallest absolute Gasteiger partial charge is 0.262 e. The fourth-order valence-electron chi connectivity index (χ4n) is 6.72. The second kappa shape index (κ2) is 5.15. The van der Waals surface area contributed by atoms with Crippen LogP contribution < -0.4 is 0 Å². The Morgan fingerprint density at radius 3 is 1.72 bits per heavy atom. The van der Waals surface area contributed by atoms with E-state index in [-0.39, 0.29) is 17.2 Å². The zero-order valence-corrected chi connectivity index (χ0v) is 14.1. The molecule has 2 amide bonds. The molecule has 1 atom stereocenters. The van der Waals surface area contributed by atoms with Crippen molar-refractivity contribution in [3.63, 3.8) is 0 Å². The van der Waals surface area contributed by atoms with Crippen LogP contribution in [0, 0.1) is 23.2 Å². The quantitative estimate of drug-likeness (QED) is 0.652. The molecule has 1 heterocycles. The third-order valence-corrected chi connectivity index (χ3v) is 7.10. The van der Waals surface area contributed by atoms with Crippen LogP contribution in [0.2, 0.25) is 0 Å². The highest BCUT2D eigenvalue weighted by molar-refractivity contribution is 6.21. The average molecular weight is 341 g/mol. The van der Waals surface area contributed by atoms with E-state index in [1.807, 2.05) is 0 Å². The molecule has 0 radical (unpaired) electrons. The predicted octanol–water partition coefficient (Wildman–Crippen LogP) is 2.18. The van der Waals surface area contributed by atoms with Gasteiger partial charge >= 0.3 is 0 Å². The molecule has 0 spiro atoms. The largest absolute Gasteiger partial charge is 0.366 e. The van der Waals surface area contributed by atoms with Crippen molar-refractivity contribution in [3.05, 3.63) is 35.4 Å². The maximum atomic E-state index is 12.9. The fourth-order valence-corrected chi connectivity index (χ4v) is 6.72. The van der Waals surface area contributed by atoms with E-state index < -0.39 is 12.3 Å².